The molecule has 0 saturated heterocycles. The van der Waals surface area contributed by atoms with Gasteiger partial charge in [0.1, 0.15) is 5.75 Å². The molecule has 3 rings (SSSR count). The summed E-state index contributed by atoms with van der Waals surface area (Å²) in [5, 5.41) is 0. The van der Waals surface area contributed by atoms with E-state index in [4.69, 9.17) is 10.5 Å². The lowest BCUT2D eigenvalue weighted by Gasteiger charge is -2.26. The molecule has 2 atom stereocenters. The highest BCUT2D eigenvalue weighted by Gasteiger charge is 2.25. The number of hydrogen-bond acceptors (Lipinski definition) is 3. The highest BCUT2D eigenvalue weighted by molar-refractivity contribution is 5.59. The van der Waals surface area contributed by atoms with Gasteiger partial charge in [0.2, 0.25) is 0 Å². The maximum absolute atomic E-state index is 6.01. The van der Waals surface area contributed by atoms with Gasteiger partial charge in [0, 0.05) is 19.1 Å². The summed E-state index contributed by atoms with van der Waals surface area (Å²) in [4.78, 5) is 2.49. The molecule has 3 nitrogen and oxygen atoms in total. The predicted molar refractivity (Wildman–Crippen MR) is 74.1 cm³/mol. The van der Waals surface area contributed by atoms with Crippen molar-refractivity contribution < 1.29 is 4.74 Å². The standard InChI is InChI=1S/C15H22N2O/c16-13-7-6-12(10-13)11-17-8-3-9-18-15-5-2-1-4-14(15)17/h1-2,4-5,12-13H,3,6-11,16H2. The van der Waals surface area contributed by atoms with Crippen LogP contribution in [0.25, 0.3) is 0 Å². The van der Waals surface area contributed by atoms with Crippen LogP contribution in [-0.2, 0) is 0 Å². The minimum atomic E-state index is 0.425. The fourth-order valence-electron chi connectivity index (χ4n) is 3.18. The SMILES string of the molecule is NC1CCC(CN2CCCOc3ccccc32)C1. The molecule has 1 heterocycles. The highest BCUT2D eigenvalue weighted by atomic mass is 16.5. The van der Waals surface area contributed by atoms with Crippen LogP contribution in [0.15, 0.2) is 24.3 Å². The second kappa shape index (κ2) is 5.19. The van der Waals surface area contributed by atoms with E-state index in [-0.39, 0.29) is 0 Å². The van der Waals surface area contributed by atoms with Gasteiger partial charge < -0.3 is 15.4 Å². The zero-order valence-corrected chi connectivity index (χ0v) is 10.8. The van der Waals surface area contributed by atoms with Gasteiger partial charge in [-0.15, -0.1) is 0 Å². The zero-order valence-electron chi connectivity index (χ0n) is 10.8. The summed E-state index contributed by atoms with van der Waals surface area (Å²) >= 11 is 0. The van der Waals surface area contributed by atoms with Crippen molar-refractivity contribution >= 4 is 5.69 Å². The van der Waals surface area contributed by atoms with Crippen molar-refractivity contribution in [3.05, 3.63) is 24.3 Å². The molecule has 18 heavy (non-hydrogen) atoms. The van der Waals surface area contributed by atoms with Gasteiger partial charge in [0.25, 0.3) is 0 Å². The molecule has 3 heteroatoms. The summed E-state index contributed by atoms with van der Waals surface area (Å²) in [6.45, 7) is 3.06. The minimum Gasteiger partial charge on any atom is -0.491 e. The first-order chi connectivity index (χ1) is 8.83. The molecule has 1 aromatic rings. The number of hydrogen-bond donors (Lipinski definition) is 1. The molecule has 0 bridgehead atoms. The third kappa shape index (κ3) is 2.46. The Morgan fingerprint density at radius 3 is 3.00 bits per heavy atom. The van der Waals surface area contributed by atoms with Gasteiger partial charge in [-0.25, -0.2) is 0 Å². The molecule has 1 saturated carbocycles. The van der Waals surface area contributed by atoms with Gasteiger partial charge in [-0.1, -0.05) is 12.1 Å². The molecule has 2 aliphatic rings. The fraction of sp³-hybridized carbons (Fsp3) is 0.600. The first kappa shape index (κ1) is 11.8. The van der Waals surface area contributed by atoms with E-state index >= 15 is 0 Å². The molecule has 1 aromatic carbocycles. The lowest BCUT2D eigenvalue weighted by molar-refractivity contribution is 0.322. The van der Waals surface area contributed by atoms with Crippen molar-refractivity contribution in [1.82, 2.24) is 0 Å². The maximum atomic E-state index is 6.01. The van der Waals surface area contributed by atoms with Gasteiger partial charge in [0.15, 0.2) is 0 Å². The third-order valence-corrected chi connectivity index (χ3v) is 4.10. The van der Waals surface area contributed by atoms with Crippen molar-refractivity contribution in [3.63, 3.8) is 0 Å². The van der Waals surface area contributed by atoms with Gasteiger partial charge in [-0.2, -0.15) is 0 Å². The van der Waals surface area contributed by atoms with Crippen molar-refractivity contribution in [2.24, 2.45) is 11.7 Å². The van der Waals surface area contributed by atoms with Crippen molar-refractivity contribution in [1.29, 1.82) is 0 Å². The number of nitrogens with two attached hydrogens (primary N) is 1. The second-order valence-electron chi connectivity index (χ2n) is 5.55. The molecule has 1 aliphatic carbocycles. The van der Waals surface area contributed by atoms with Crippen LogP contribution in [0.3, 0.4) is 0 Å². The summed E-state index contributed by atoms with van der Waals surface area (Å²) in [5.74, 6) is 1.79. The van der Waals surface area contributed by atoms with Crippen LogP contribution in [-0.4, -0.2) is 25.7 Å². The Bertz CT molecular complexity index is 407. The normalized spacial score (nSPS) is 27.5. The molecule has 2 N–H and O–H groups in total. The summed E-state index contributed by atoms with van der Waals surface area (Å²) in [6.07, 6.45) is 4.75. The monoisotopic (exact) mass is 246 g/mol. The molecule has 2 unspecified atom stereocenters. The molecule has 98 valence electrons. The smallest absolute Gasteiger partial charge is 0.142 e. The largest absolute Gasteiger partial charge is 0.491 e. The van der Waals surface area contributed by atoms with Gasteiger partial charge in [0.05, 0.1) is 12.3 Å². The van der Waals surface area contributed by atoms with Gasteiger partial charge in [-0.05, 0) is 43.7 Å². The van der Waals surface area contributed by atoms with Crippen molar-refractivity contribution in [2.45, 2.75) is 31.7 Å². The van der Waals surface area contributed by atoms with Gasteiger partial charge in [-0.3, -0.25) is 0 Å². The molecular weight excluding hydrogens is 224 g/mol. The molecule has 1 fully saturated rings. The Morgan fingerprint density at radius 2 is 2.17 bits per heavy atom. The van der Waals surface area contributed by atoms with E-state index < -0.39 is 0 Å². The van der Waals surface area contributed by atoms with Gasteiger partial charge >= 0.3 is 0 Å². The molecule has 1 aliphatic heterocycles. The number of rotatable bonds is 2. The Kier molecular flexibility index (Phi) is 3.41. The van der Waals surface area contributed by atoms with E-state index in [0.29, 0.717) is 6.04 Å². The van der Waals surface area contributed by atoms with Crippen LogP contribution in [0.5, 0.6) is 5.75 Å². The number of nitrogens with zero attached hydrogens (tertiary/aromatic N) is 1. The van der Waals surface area contributed by atoms with Crippen LogP contribution in [0.4, 0.5) is 5.69 Å². The second-order valence-corrected chi connectivity index (χ2v) is 5.55. The quantitative estimate of drug-likeness (QED) is 0.871. The Labute approximate surface area is 109 Å². The Balaban J connectivity index is 1.75. The van der Waals surface area contributed by atoms with Crippen LogP contribution in [0.2, 0.25) is 0 Å². The van der Waals surface area contributed by atoms with Crippen LogP contribution < -0.4 is 15.4 Å². The number of fused-ring (bicyclic) bond motifs is 1. The van der Waals surface area contributed by atoms with Crippen LogP contribution in [0, 0.1) is 5.92 Å². The minimum absolute atomic E-state index is 0.425. The van der Waals surface area contributed by atoms with Crippen molar-refractivity contribution in [3.8, 4) is 5.75 Å². The van der Waals surface area contributed by atoms with E-state index in [1.54, 1.807) is 0 Å². The number of para-hydroxylation sites is 2. The van der Waals surface area contributed by atoms with E-state index in [1.807, 2.05) is 6.07 Å². The highest BCUT2D eigenvalue weighted by Crippen LogP contribution is 2.33. The number of anilines is 1. The molecule has 0 radical (unpaired) electrons. The van der Waals surface area contributed by atoms with Crippen molar-refractivity contribution in [2.75, 3.05) is 24.6 Å². The molecule has 0 spiro atoms. The number of benzene rings is 1. The predicted octanol–water partition coefficient (Wildman–Crippen LogP) is 2.40. The Morgan fingerprint density at radius 1 is 1.28 bits per heavy atom. The molecular formula is C15H22N2O. The summed E-state index contributed by atoms with van der Waals surface area (Å²) in [6, 6.07) is 8.83. The van der Waals surface area contributed by atoms with E-state index in [1.165, 1.54) is 24.9 Å². The number of ether oxygens (including phenoxy) is 1. The third-order valence-electron chi connectivity index (χ3n) is 4.10. The maximum Gasteiger partial charge on any atom is 0.142 e. The van der Waals surface area contributed by atoms with Crippen LogP contribution >= 0.6 is 0 Å². The summed E-state index contributed by atoms with van der Waals surface area (Å²) in [5.41, 5.74) is 7.27. The average molecular weight is 246 g/mol. The molecule has 0 aromatic heterocycles. The van der Waals surface area contributed by atoms with E-state index in [9.17, 15) is 0 Å². The van der Waals surface area contributed by atoms with Crippen LogP contribution in [0.1, 0.15) is 25.7 Å². The fourth-order valence-corrected chi connectivity index (χ4v) is 3.18. The zero-order chi connectivity index (χ0) is 12.4. The summed E-state index contributed by atoms with van der Waals surface area (Å²) in [7, 11) is 0. The Hall–Kier alpha value is -1.22. The first-order valence-electron chi connectivity index (χ1n) is 7.05. The molecule has 0 amide bonds. The lowest BCUT2D eigenvalue weighted by atomic mass is 10.1. The average Bonchev–Trinajstić information content (AvgIpc) is 2.68. The summed E-state index contributed by atoms with van der Waals surface area (Å²) < 4.78 is 5.80. The lowest BCUT2D eigenvalue weighted by Crippen LogP contribution is -2.30. The topological polar surface area (TPSA) is 38.5 Å². The van der Waals surface area contributed by atoms with E-state index in [2.05, 4.69) is 23.1 Å². The first-order valence-corrected chi connectivity index (χ1v) is 7.05. The van der Waals surface area contributed by atoms with E-state index in [0.717, 1.165) is 37.8 Å².